The lowest BCUT2D eigenvalue weighted by Gasteiger charge is -2.21. The maximum Gasteiger partial charge on any atom is 0.258 e. The first-order chi connectivity index (χ1) is 10.6. The van der Waals surface area contributed by atoms with Crippen molar-refractivity contribution in [2.45, 2.75) is 19.3 Å². The van der Waals surface area contributed by atoms with Crippen molar-refractivity contribution in [2.75, 3.05) is 18.1 Å². The van der Waals surface area contributed by atoms with Crippen LogP contribution >= 0.6 is 0 Å². The fourth-order valence-corrected chi connectivity index (χ4v) is 2.26. The van der Waals surface area contributed by atoms with Gasteiger partial charge in [0.1, 0.15) is 12.3 Å². The first-order valence-electron chi connectivity index (χ1n) is 7.26. The van der Waals surface area contributed by atoms with Crippen molar-refractivity contribution in [1.29, 1.82) is 0 Å². The molecule has 116 valence electrons. The van der Waals surface area contributed by atoms with E-state index in [2.05, 4.69) is 10.9 Å². The van der Waals surface area contributed by atoms with Crippen LogP contribution < -0.4 is 20.5 Å². The first-order valence-corrected chi connectivity index (χ1v) is 7.26. The number of hydrogen-bond acceptors (Lipinski definition) is 4. The molecule has 0 spiro atoms. The molecule has 7 heteroatoms. The zero-order valence-electron chi connectivity index (χ0n) is 12.0. The Kier molecular flexibility index (Phi) is 3.95. The minimum Gasteiger partial charge on any atom is -0.491 e. The number of para-hydroxylation sites is 2. The topological polar surface area (TPSA) is 87.7 Å². The van der Waals surface area contributed by atoms with Gasteiger partial charge in [-0.3, -0.25) is 30.1 Å². The van der Waals surface area contributed by atoms with Gasteiger partial charge in [0.25, 0.3) is 5.91 Å². The number of carbonyl (C=O) groups excluding carboxylic acids is 3. The van der Waals surface area contributed by atoms with Gasteiger partial charge in [0.05, 0.1) is 18.7 Å². The predicted octanol–water partition coefficient (Wildman–Crippen LogP) is 0.359. The normalized spacial score (nSPS) is 17.1. The third kappa shape index (κ3) is 3.19. The lowest BCUT2D eigenvalue weighted by atomic mass is 10.2. The lowest BCUT2D eigenvalue weighted by Crippen LogP contribution is -2.48. The Morgan fingerprint density at radius 1 is 1.23 bits per heavy atom. The molecule has 0 unspecified atom stereocenters. The van der Waals surface area contributed by atoms with Gasteiger partial charge in [-0.15, -0.1) is 0 Å². The van der Waals surface area contributed by atoms with Crippen molar-refractivity contribution < 1.29 is 19.1 Å². The molecule has 1 aliphatic carbocycles. The molecule has 1 aromatic carbocycles. The van der Waals surface area contributed by atoms with E-state index in [9.17, 15) is 14.4 Å². The number of carbonyl (C=O) groups is 3. The highest BCUT2D eigenvalue weighted by Gasteiger charge is 2.30. The molecule has 3 rings (SSSR count). The molecule has 0 aromatic heterocycles. The molecule has 0 radical (unpaired) electrons. The molecule has 1 heterocycles. The molecular weight excluding hydrogens is 286 g/mol. The highest BCUT2D eigenvalue weighted by molar-refractivity contribution is 6.00. The SMILES string of the molecule is O=C(CN1C(=O)CCOc2ccccc21)NNC(=O)C1CC1. The summed E-state index contributed by atoms with van der Waals surface area (Å²) < 4.78 is 5.50. The highest BCUT2D eigenvalue weighted by atomic mass is 16.5. The standard InChI is InChI=1S/C15H17N3O4/c19-13(16-17-15(21)10-5-6-10)9-18-11-3-1-2-4-12(11)22-8-7-14(18)20/h1-4,10H,5-9H2,(H,16,19)(H,17,21). The van der Waals surface area contributed by atoms with Gasteiger partial charge in [-0.1, -0.05) is 12.1 Å². The van der Waals surface area contributed by atoms with Gasteiger partial charge >= 0.3 is 0 Å². The molecule has 1 fully saturated rings. The Balaban J connectivity index is 1.65. The molecule has 1 aliphatic heterocycles. The molecule has 22 heavy (non-hydrogen) atoms. The monoisotopic (exact) mass is 303 g/mol. The van der Waals surface area contributed by atoms with Gasteiger partial charge < -0.3 is 4.74 Å². The van der Waals surface area contributed by atoms with Crippen LogP contribution in [0.3, 0.4) is 0 Å². The zero-order valence-corrected chi connectivity index (χ0v) is 12.0. The van der Waals surface area contributed by atoms with E-state index < -0.39 is 5.91 Å². The second-order valence-corrected chi connectivity index (χ2v) is 5.36. The number of nitrogens with one attached hydrogen (secondary N) is 2. The van der Waals surface area contributed by atoms with Crippen LogP contribution in [0.5, 0.6) is 5.75 Å². The minimum atomic E-state index is -0.445. The molecule has 0 saturated heterocycles. The van der Waals surface area contributed by atoms with Crippen molar-refractivity contribution in [3.05, 3.63) is 24.3 Å². The molecule has 2 N–H and O–H groups in total. The molecule has 0 atom stereocenters. The summed E-state index contributed by atoms with van der Waals surface area (Å²) >= 11 is 0. The molecule has 0 bridgehead atoms. The fourth-order valence-electron chi connectivity index (χ4n) is 2.26. The van der Waals surface area contributed by atoms with E-state index in [1.807, 2.05) is 6.07 Å². The predicted molar refractivity (Wildman–Crippen MR) is 77.9 cm³/mol. The summed E-state index contributed by atoms with van der Waals surface area (Å²) in [6.45, 7) is 0.122. The number of nitrogens with zero attached hydrogens (tertiary/aromatic N) is 1. The summed E-state index contributed by atoms with van der Waals surface area (Å²) in [7, 11) is 0. The molecule has 1 saturated carbocycles. The number of benzene rings is 1. The fraction of sp³-hybridized carbons (Fsp3) is 0.400. The average Bonchev–Trinajstić information content (AvgIpc) is 3.35. The van der Waals surface area contributed by atoms with Crippen LogP contribution in [0.15, 0.2) is 24.3 Å². The Morgan fingerprint density at radius 2 is 2.00 bits per heavy atom. The average molecular weight is 303 g/mol. The van der Waals surface area contributed by atoms with Crippen molar-refractivity contribution in [1.82, 2.24) is 10.9 Å². The number of hydrazine groups is 1. The Labute approximate surface area is 127 Å². The van der Waals surface area contributed by atoms with Crippen molar-refractivity contribution in [3.63, 3.8) is 0 Å². The third-order valence-electron chi connectivity index (χ3n) is 3.61. The van der Waals surface area contributed by atoms with E-state index in [1.165, 1.54) is 4.90 Å². The second kappa shape index (κ2) is 6.05. The van der Waals surface area contributed by atoms with Gasteiger partial charge in [-0.2, -0.15) is 0 Å². The minimum absolute atomic E-state index is 0.00856. The molecule has 3 amide bonds. The number of anilines is 1. The van der Waals surface area contributed by atoms with E-state index in [4.69, 9.17) is 4.74 Å². The van der Waals surface area contributed by atoms with Crippen molar-refractivity contribution >= 4 is 23.4 Å². The van der Waals surface area contributed by atoms with E-state index >= 15 is 0 Å². The molecule has 2 aliphatic rings. The number of ether oxygens (including phenoxy) is 1. The van der Waals surface area contributed by atoms with Crippen LogP contribution in [-0.2, 0) is 14.4 Å². The van der Waals surface area contributed by atoms with E-state index in [0.29, 0.717) is 11.4 Å². The summed E-state index contributed by atoms with van der Waals surface area (Å²) in [4.78, 5) is 37.0. The summed E-state index contributed by atoms with van der Waals surface area (Å²) in [5.74, 6) is -0.232. The van der Waals surface area contributed by atoms with Crippen LogP contribution in [0.2, 0.25) is 0 Å². The summed E-state index contributed by atoms with van der Waals surface area (Å²) in [5, 5.41) is 0. The lowest BCUT2D eigenvalue weighted by molar-refractivity contribution is -0.129. The Bertz CT molecular complexity index is 613. The quantitative estimate of drug-likeness (QED) is 0.789. The maximum absolute atomic E-state index is 12.1. The maximum atomic E-state index is 12.1. The van der Waals surface area contributed by atoms with Crippen LogP contribution in [0.25, 0.3) is 0 Å². The summed E-state index contributed by atoms with van der Waals surface area (Å²) in [6.07, 6.45) is 1.92. The van der Waals surface area contributed by atoms with Crippen LogP contribution in [-0.4, -0.2) is 30.9 Å². The molecule has 1 aromatic rings. The number of fused-ring (bicyclic) bond motifs is 1. The summed E-state index contributed by atoms with van der Waals surface area (Å²) in [6, 6.07) is 7.08. The second-order valence-electron chi connectivity index (χ2n) is 5.36. The van der Waals surface area contributed by atoms with Crippen LogP contribution in [0, 0.1) is 5.92 Å². The largest absolute Gasteiger partial charge is 0.491 e. The van der Waals surface area contributed by atoms with Gasteiger partial charge in [0.15, 0.2) is 0 Å². The Hall–Kier alpha value is -2.57. The van der Waals surface area contributed by atoms with Gasteiger partial charge in [-0.25, -0.2) is 0 Å². The third-order valence-corrected chi connectivity index (χ3v) is 3.61. The van der Waals surface area contributed by atoms with E-state index in [0.717, 1.165) is 12.8 Å². The number of amides is 3. The van der Waals surface area contributed by atoms with E-state index in [1.54, 1.807) is 18.2 Å². The number of hydrogen-bond donors (Lipinski definition) is 2. The number of rotatable bonds is 3. The zero-order chi connectivity index (χ0) is 15.5. The highest BCUT2D eigenvalue weighted by Crippen LogP contribution is 2.30. The Morgan fingerprint density at radius 3 is 2.77 bits per heavy atom. The van der Waals surface area contributed by atoms with Crippen LogP contribution in [0.1, 0.15) is 19.3 Å². The van der Waals surface area contributed by atoms with Gasteiger partial charge in [-0.05, 0) is 25.0 Å². The van der Waals surface area contributed by atoms with Crippen molar-refractivity contribution in [2.24, 2.45) is 5.92 Å². The molecule has 7 nitrogen and oxygen atoms in total. The summed E-state index contributed by atoms with van der Waals surface area (Å²) in [5.41, 5.74) is 5.29. The van der Waals surface area contributed by atoms with Gasteiger partial charge in [0.2, 0.25) is 11.8 Å². The van der Waals surface area contributed by atoms with Crippen LogP contribution in [0.4, 0.5) is 5.69 Å². The van der Waals surface area contributed by atoms with E-state index in [-0.39, 0.29) is 37.3 Å². The van der Waals surface area contributed by atoms with Crippen molar-refractivity contribution in [3.8, 4) is 5.75 Å². The smallest absolute Gasteiger partial charge is 0.258 e. The van der Waals surface area contributed by atoms with Gasteiger partial charge in [0, 0.05) is 5.92 Å². The first kappa shape index (κ1) is 14.4. The molecular formula is C15H17N3O4.